The zero-order valence-corrected chi connectivity index (χ0v) is 16.4. The van der Waals surface area contributed by atoms with Crippen LogP contribution in [0.1, 0.15) is 53.5 Å². The van der Waals surface area contributed by atoms with Crippen LogP contribution in [-0.4, -0.2) is 22.7 Å². The fourth-order valence-corrected chi connectivity index (χ4v) is 3.60. The van der Waals surface area contributed by atoms with Crippen LogP contribution >= 0.6 is 0 Å². The lowest BCUT2D eigenvalue weighted by molar-refractivity contribution is -0.141. The van der Waals surface area contributed by atoms with Crippen molar-refractivity contribution in [2.24, 2.45) is 0 Å². The minimum Gasteiger partial charge on any atom is -0.322 e. The molecule has 3 rings (SSSR count). The van der Waals surface area contributed by atoms with Gasteiger partial charge in [-0.3, -0.25) is 19.7 Å². The highest BCUT2D eigenvalue weighted by Crippen LogP contribution is 2.36. The Labute approximate surface area is 170 Å². The van der Waals surface area contributed by atoms with E-state index in [1.54, 1.807) is 24.3 Å². The summed E-state index contributed by atoms with van der Waals surface area (Å²) in [6, 6.07) is 8.48. The maximum absolute atomic E-state index is 12.7. The van der Waals surface area contributed by atoms with E-state index in [-0.39, 0.29) is 29.5 Å². The first-order chi connectivity index (χ1) is 14.1. The Morgan fingerprint density at radius 1 is 1.17 bits per heavy atom. The van der Waals surface area contributed by atoms with E-state index in [9.17, 15) is 27.6 Å². The third-order valence-electron chi connectivity index (χ3n) is 5.39. The first-order valence-electron chi connectivity index (χ1n) is 9.38. The van der Waals surface area contributed by atoms with Crippen LogP contribution in [0.4, 0.5) is 18.9 Å². The summed E-state index contributed by atoms with van der Waals surface area (Å²) in [5.41, 5.74) is -0.739. The predicted octanol–water partition coefficient (Wildman–Crippen LogP) is 3.75. The number of pyridine rings is 1. The maximum Gasteiger partial charge on any atom is 0.433 e. The summed E-state index contributed by atoms with van der Waals surface area (Å²) in [6.45, 7) is 3.20. The molecular formula is C21H20F3N3O3. The summed E-state index contributed by atoms with van der Waals surface area (Å²) in [4.78, 5) is 39.8. The largest absolute Gasteiger partial charge is 0.433 e. The van der Waals surface area contributed by atoms with Gasteiger partial charge < -0.3 is 5.32 Å². The van der Waals surface area contributed by atoms with E-state index in [0.717, 1.165) is 17.7 Å². The second-order valence-corrected chi connectivity index (χ2v) is 7.17. The van der Waals surface area contributed by atoms with Gasteiger partial charge in [0, 0.05) is 12.1 Å². The van der Waals surface area contributed by atoms with E-state index in [1.807, 2.05) is 6.92 Å². The lowest BCUT2D eigenvalue weighted by Crippen LogP contribution is -2.51. The number of amides is 3. The molecule has 30 heavy (non-hydrogen) atoms. The van der Waals surface area contributed by atoms with Gasteiger partial charge in [0.1, 0.15) is 5.69 Å². The number of aromatic nitrogens is 1. The van der Waals surface area contributed by atoms with Gasteiger partial charge in [0.05, 0.1) is 16.7 Å². The van der Waals surface area contributed by atoms with Gasteiger partial charge in [0.15, 0.2) is 0 Å². The summed E-state index contributed by atoms with van der Waals surface area (Å²) < 4.78 is 38.2. The standard InChI is InChI=1S/C21H20F3N3O3/c1-3-20(11-10-17(28)27-19(20)30)13-4-6-14(7-5-13)26-18(29)15-8-9-16(21(22,23)24)25-12(15)2/h4-9H,3,10-11H2,1-2H3,(H,26,29)(H,27,28,30). The molecule has 158 valence electrons. The summed E-state index contributed by atoms with van der Waals surface area (Å²) in [5, 5.41) is 5.00. The molecule has 1 fully saturated rings. The van der Waals surface area contributed by atoms with Crippen molar-refractivity contribution in [3.63, 3.8) is 0 Å². The number of rotatable bonds is 4. The molecule has 2 N–H and O–H groups in total. The van der Waals surface area contributed by atoms with Gasteiger partial charge in [0.25, 0.3) is 5.91 Å². The number of halogens is 3. The molecule has 0 spiro atoms. The molecule has 0 bridgehead atoms. The number of nitrogens with one attached hydrogen (secondary N) is 2. The molecule has 1 aliphatic heterocycles. The molecule has 0 aliphatic carbocycles. The van der Waals surface area contributed by atoms with Crippen molar-refractivity contribution in [1.82, 2.24) is 10.3 Å². The summed E-state index contributed by atoms with van der Waals surface area (Å²) in [7, 11) is 0. The number of nitrogens with zero attached hydrogens (tertiary/aromatic N) is 1. The number of hydrogen-bond donors (Lipinski definition) is 2. The van der Waals surface area contributed by atoms with Gasteiger partial charge in [0.2, 0.25) is 11.8 Å². The smallest absolute Gasteiger partial charge is 0.322 e. The Morgan fingerprint density at radius 3 is 2.37 bits per heavy atom. The van der Waals surface area contributed by atoms with E-state index < -0.39 is 23.2 Å². The molecule has 0 radical (unpaired) electrons. The minimum absolute atomic E-state index is 0.0299. The number of anilines is 1. The van der Waals surface area contributed by atoms with E-state index in [1.165, 1.54) is 6.92 Å². The van der Waals surface area contributed by atoms with Gasteiger partial charge in [-0.15, -0.1) is 0 Å². The fourth-order valence-electron chi connectivity index (χ4n) is 3.60. The van der Waals surface area contributed by atoms with Crippen molar-refractivity contribution in [3.05, 3.63) is 58.9 Å². The van der Waals surface area contributed by atoms with Crippen molar-refractivity contribution < 1.29 is 27.6 Å². The molecule has 1 unspecified atom stereocenters. The molecule has 1 saturated heterocycles. The molecule has 3 amide bonds. The zero-order valence-electron chi connectivity index (χ0n) is 16.4. The van der Waals surface area contributed by atoms with Crippen molar-refractivity contribution in [1.29, 1.82) is 0 Å². The monoisotopic (exact) mass is 419 g/mol. The Balaban J connectivity index is 1.78. The maximum atomic E-state index is 12.7. The van der Waals surface area contributed by atoms with Crippen LogP contribution in [-0.2, 0) is 21.2 Å². The van der Waals surface area contributed by atoms with Crippen LogP contribution in [0, 0.1) is 6.92 Å². The number of alkyl halides is 3. The van der Waals surface area contributed by atoms with Gasteiger partial charge >= 0.3 is 6.18 Å². The molecule has 0 saturated carbocycles. The van der Waals surface area contributed by atoms with E-state index in [4.69, 9.17) is 0 Å². The molecule has 2 heterocycles. The highest BCUT2D eigenvalue weighted by Gasteiger charge is 2.42. The molecule has 1 aromatic carbocycles. The van der Waals surface area contributed by atoms with Crippen molar-refractivity contribution in [3.8, 4) is 0 Å². The van der Waals surface area contributed by atoms with Gasteiger partial charge in [-0.25, -0.2) is 4.98 Å². The molecule has 1 aromatic heterocycles. The molecule has 9 heteroatoms. The van der Waals surface area contributed by atoms with Crippen molar-refractivity contribution in [2.75, 3.05) is 5.32 Å². The zero-order chi connectivity index (χ0) is 22.1. The topological polar surface area (TPSA) is 88.2 Å². The van der Waals surface area contributed by atoms with Crippen LogP contribution in [0.2, 0.25) is 0 Å². The quantitative estimate of drug-likeness (QED) is 0.739. The Kier molecular flexibility index (Phi) is 5.65. The van der Waals surface area contributed by atoms with Crippen molar-refractivity contribution >= 4 is 23.4 Å². The third-order valence-corrected chi connectivity index (χ3v) is 5.39. The Morgan fingerprint density at radius 2 is 1.83 bits per heavy atom. The Bertz CT molecular complexity index is 1000. The van der Waals surface area contributed by atoms with E-state index in [2.05, 4.69) is 15.6 Å². The number of benzene rings is 1. The number of carbonyl (C=O) groups excluding carboxylic acids is 3. The normalized spacial score (nSPS) is 19.4. The lowest BCUT2D eigenvalue weighted by Gasteiger charge is -2.35. The first kappa shape index (κ1) is 21.5. The molecular weight excluding hydrogens is 399 g/mol. The second kappa shape index (κ2) is 7.89. The average Bonchev–Trinajstić information content (AvgIpc) is 2.68. The predicted molar refractivity (Wildman–Crippen MR) is 103 cm³/mol. The van der Waals surface area contributed by atoms with Crippen LogP contribution < -0.4 is 10.6 Å². The van der Waals surface area contributed by atoms with Gasteiger partial charge in [-0.2, -0.15) is 13.2 Å². The SMILES string of the molecule is CCC1(c2ccc(NC(=O)c3ccc(C(F)(F)F)nc3C)cc2)CCC(=O)NC1=O. The summed E-state index contributed by atoms with van der Waals surface area (Å²) in [6.07, 6.45) is -3.43. The van der Waals surface area contributed by atoms with Crippen LogP contribution in [0.3, 0.4) is 0 Å². The number of piperidine rings is 1. The van der Waals surface area contributed by atoms with Crippen LogP contribution in [0.25, 0.3) is 0 Å². The Hall–Kier alpha value is -3.23. The summed E-state index contributed by atoms with van der Waals surface area (Å²) in [5.74, 6) is -1.23. The minimum atomic E-state index is -4.58. The number of carbonyl (C=O) groups is 3. The molecule has 6 nitrogen and oxygen atoms in total. The van der Waals surface area contributed by atoms with E-state index in [0.29, 0.717) is 18.5 Å². The van der Waals surface area contributed by atoms with Crippen LogP contribution in [0.15, 0.2) is 36.4 Å². The average molecular weight is 419 g/mol. The second-order valence-electron chi connectivity index (χ2n) is 7.17. The van der Waals surface area contributed by atoms with Crippen molar-refractivity contribution in [2.45, 2.75) is 44.7 Å². The highest BCUT2D eigenvalue weighted by molar-refractivity contribution is 6.05. The molecule has 1 aliphatic rings. The fraction of sp³-hybridized carbons (Fsp3) is 0.333. The van der Waals surface area contributed by atoms with E-state index >= 15 is 0 Å². The number of imide groups is 1. The van der Waals surface area contributed by atoms with Gasteiger partial charge in [-0.1, -0.05) is 19.1 Å². The van der Waals surface area contributed by atoms with Crippen LogP contribution in [0.5, 0.6) is 0 Å². The van der Waals surface area contributed by atoms with Gasteiger partial charge in [-0.05, 0) is 49.6 Å². The summed E-state index contributed by atoms with van der Waals surface area (Å²) >= 11 is 0. The number of aryl methyl sites for hydroxylation is 1. The number of hydrogen-bond acceptors (Lipinski definition) is 4. The molecule has 1 atom stereocenters. The first-order valence-corrected chi connectivity index (χ1v) is 9.38. The molecule has 2 aromatic rings. The lowest BCUT2D eigenvalue weighted by atomic mass is 9.72. The third kappa shape index (κ3) is 4.05. The highest BCUT2D eigenvalue weighted by atomic mass is 19.4.